The van der Waals surface area contributed by atoms with Crippen LogP contribution in [0.1, 0.15) is 6.42 Å². The maximum absolute atomic E-state index is 11.4. The predicted octanol–water partition coefficient (Wildman–Crippen LogP) is 2.11. The van der Waals surface area contributed by atoms with E-state index in [1.807, 2.05) is 0 Å². The van der Waals surface area contributed by atoms with E-state index in [2.05, 4.69) is 9.71 Å². The molecule has 0 saturated heterocycles. The van der Waals surface area contributed by atoms with Crippen LogP contribution in [0.4, 0.5) is 5.69 Å². The number of anilines is 1. The predicted molar refractivity (Wildman–Crippen MR) is 62.0 cm³/mol. The molecular weight excluding hydrogens is 259 g/mol. The van der Waals surface area contributed by atoms with Gasteiger partial charge in [0.25, 0.3) is 0 Å². The smallest absolute Gasteiger partial charge is 0.232 e. The lowest BCUT2D eigenvalue weighted by molar-refractivity contribution is 0.600. The Bertz CT molecular complexity index is 405. The van der Waals surface area contributed by atoms with Crippen molar-refractivity contribution in [3.05, 3.63) is 23.5 Å². The number of nitrogens with zero attached hydrogens (tertiary/aromatic N) is 1. The van der Waals surface area contributed by atoms with Crippen molar-refractivity contribution in [3.8, 4) is 0 Å². The van der Waals surface area contributed by atoms with Crippen LogP contribution < -0.4 is 4.72 Å². The minimum Gasteiger partial charge on any atom is -0.282 e. The van der Waals surface area contributed by atoms with Crippen LogP contribution in [0.5, 0.6) is 0 Å². The summed E-state index contributed by atoms with van der Waals surface area (Å²) in [5.74, 6) is 0.318. The Balaban J connectivity index is 2.65. The van der Waals surface area contributed by atoms with Gasteiger partial charge in [0.05, 0.1) is 17.6 Å². The van der Waals surface area contributed by atoms with E-state index in [-0.39, 0.29) is 5.75 Å². The maximum Gasteiger partial charge on any atom is 0.232 e. The van der Waals surface area contributed by atoms with Gasteiger partial charge in [0.15, 0.2) is 0 Å². The van der Waals surface area contributed by atoms with Crippen molar-refractivity contribution in [2.45, 2.75) is 6.42 Å². The number of alkyl halides is 1. The molecule has 0 atom stereocenters. The van der Waals surface area contributed by atoms with E-state index >= 15 is 0 Å². The second-order valence-electron chi connectivity index (χ2n) is 2.83. The molecule has 0 aliphatic heterocycles. The first-order chi connectivity index (χ1) is 7.03. The molecule has 1 aromatic rings. The number of hydrogen-bond acceptors (Lipinski definition) is 3. The summed E-state index contributed by atoms with van der Waals surface area (Å²) in [6.07, 6.45) is 1.78. The van der Waals surface area contributed by atoms with Gasteiger partial charge in [-0.15, -0.1) is 11.6 Å². The van der Waals surface area contributed by atoms with Crippen molar-refractivity contribution in [2.75, 3.05) is 16.4 Å². The summed E-state index contributed by atoms with van der Waals surface area (Å²) in [5, 5.41) is 0.318. The molecule has 0 radical (unpaired) electrons. The van der Waals surface area contributed by atoms with Crippen molar-refractivity contribution in [3.63, 3.8) is 0 Å². The van der Waals surface area contributed by atoms with E-state index in [1.165, 1.54) is 12.3 Å². The zero-order valence-corrected chi connectivity index (χ0v) is 10.1. The number of nitrogens with one attached hydrogen (secondary N) is 1. The van der Waals surface area contributed by atoms with Gasteiger partial charge in [-0.3, -0.25) is 4.72 Å². The van der Waals surface area contributed by atoms with Gasteiger partial charge >= 0.3 is 0 Å². The Morgan fingerprint density at radius 1 is 1.40 bits per heavy atom. The number of aromatic nitrogens is 1. The highest BCUT2D eigenvalue weighted by Gasteiger charge is 2.09. The van der Waals surface area contributed by atoms with Crippen LogP contribution in [0.15, 0.2) is 18.3 Å². The number of hydrogen-bond donors (Lipinski definition) is 1. The molecule has 15 heavy (non-hydrogen) atoms. The highest BCUT2D eigenvalue weighted by Crippen LogP contribution is 2.11. The molecular formula is C8H10Cl2N2O2S. The third kappa shape index (κ3) is 4.68. The second-order valence-corrected chi connectivity index (χ2v) is 5.44. The van der Waals surface area contributed by atoms with Crippen LogP contribution in [0.2, 0.25) is 5.15 Å². The van der Waals surface area contributed by atoms with E-state index in [0.29, 0.717) is 23.1 Å². The fourth-order valence-corrected chi connectivity index (χ4v) is 2.42. The Morgan fingerprint density at radius 2 is 2.13 bits per heavy atom. The molecule has 0 spiro atoms. The van der Waals surface area contributed by atoms with Crippen molar-refractivity contribution >= 4 is 38.9 Å². The van der Waals surface area contributed by atoms with Gasteiger partial charge in [-0.1, -0.05) is 11.6 Å². The van der Waals surface area contributed by atoms with Gasteiger partial charge < -0.3 is 0 Å². The lowest BCUT2D eigenvalue weighted by Crippen LogP contribution is -2.17. The van der Waals surface area contributed by atoms with Gasteiger partial charge in [0, 0.05) is 5.88 Å². The molecule has 0 aromatic carbocycles. The lowest BCUT2D eigenvalue weighted by atomic mass is 10.4. The summed E-state index contributed by atoms with van der Waals surface area (Å²) in [4.78, 5) is 3.76. The van der Waals surface area contributed by atoms with Crippen molar-refractivity contribution < 1.29 is 8.42 Å². The van der Waals surface area contributed by atoms with Crippen LogP contribution in [-0.4, -0.2) is 25.0 Å². The van der Waals surface area contributed by atoms with Gasteiger partial charge in [0.1, 0.15) is 5.15 Å². The summed E-state index contributed by atoms with van der Waals surface area (Å²) < 4.78 is 25.2. The highest BCUT2D eigenvalue weighted by molar-refractivity contribution is 7.92. The normalized spacial score (nSPS) is 11.3. The summed E-state index contributed by atoms with van der Waals surface area (Å²) in [5.41, 5.74) is 0.397. The third-order valence-electron chi connectivity index (χ3n) is 1.55. The van der Waals surface area contributed by atoms with Crippen molar-refractivity contribution in [1.82, 2.24) is 4.98 Å². The number of halogens is 2. The molecule has 1 aromatic heterocycles. The van der Waals surface area contributed by atoms with Crippen molar-refractivity contribution in [2.24, 2.45) is 0 Å². The largest absolute Gasteiger partial charge is 0.282 e. The minimum absolute atomic E-state index is 0.000867. The molecule has 0 saturated carbocycles. The molecule has 7 heteroatoms. The molecule has 1 heterocycles. The Morgan fingerprint density at radius 3 is 2.67 bits per heavy atom. The first-order valence-electron chi connectivity index (χ1n) is 4.21. The highest BCUT2D eigenvalue weighted by atomic mass is 35.5. The maximum atomic E-state index is 11.4. The minimum atomic E-state index is -3.33. The number of pyridine rings is 1. The molecule has 84 valence electrons. The van der Waals surface area contributed by atoms with Crippen LogP contribution >= 0.6 is 23.2 Å². The van der Waals surface area contributed by atoms with Crippen LogP contribution in [-0.2, 0) is 10.0 Å². The van der Waals surface area contributed by atoms with Crippen molar-refractivity contribution in [1.29, 1.82) is 0 Å². The van der Waals surface area contributed by atoms with Crippen LogP contribution in [0, 0.1) is 0 Å². The van der Waals surface area contributed by atoms with E-state index in [4.69, 9.17) is 23.2 Å². The monoisotopic (exact) mass is 268 g/mol. The molecule has 0 aliphatic carbocycles. The van der Waals surface area contributed by atoms with Crippen LogP contribution in [0.25, 0.3) is 0 Å². The van der Waals surface area contributed by atoms with E-state index < -0.39 is 10.0 Å². The molecule has 1 rings (SSSR count). The molecule has 0 amide bonds. The summed E-state index contributed by atoms with van der Waals surface area (Å²) in [6, 6.07) is 3.06. The number of rotatable bonds is 5. The Hall–Kier alpha value is -0.520. The fraction of sp³-hybridized carbons (Fsp3) is 0.375. The Labute approximate surface area is 98.7 Å². The van der Waals surface area contributed by atoms with Gasteiger partial charge in [-0.2, -0.15) is 0 Å². The Kier molecular flexibility index (Phi) is 4.63. The molecule has 1 N–H and O–H groups in total. The quantitative estimate of drug-likeness (QED) is 0.657. The summed E-state index contributed by atoms with van der Waals surface area (Å²) in [6.45, 7) is 0. The van der Waals surface area contributed by atoms with Crippen LogP contribution in [0.3, 0.4) is 0 Å². The standard InChI is InChI=1S/C8H10Cl2N2O2S/c9-4-1-5-15(13,14)12-7-2-3-8(10)11-6-7/h2-3,6,12H,1,4-5H2. The first kappa shape index (κ1) is 12.5. The molecule has 0 aliphatic rings. The van der Waals surface area contributed by atoms with Gasteiger partial charge in [0.2, 0.25) is 10.0 Å². The molecule has 0 fully saturated rings. The zero-order chi connectivity index (χ0) is 11.3. The molecule has 4 nitrogen and oxygen atoms in total. The number of sulfonamides is 1. The zero-order valence-electron chi connectivity index (χ0n) is 7.78. The lowest BCUT2D eigenvalue weighted by Gasteiger charge is -2.06. The molecule has 0 unspecified atom stereocenters. The summed E-state index contributed by atoms with van der Waals surface area (Å²) in [7, 11) is -3.33. The van der Waals surface area contributed by atoms with E-state index in [1.54, 1.807) is 6.07 Å². The average molecular weight is 269 g/mol. The summed E-state index contributed by atoms with van der Waals surface area (Å²) >= 11 is 11.0. The van der Waals surface area contributed by atoms with Gasteiger partial charge in [-0.25, -0.2) is 13.4 Å². The topological polar surface area (TPSA) is 59.1 Å². The van der Waals surface area contributed by atoms with E-state index in [0.717, 1.165) is 0 Å². The SMILES string of the molecule is O=S(=O)(CCCCl)Nc1ccc(Cl)nc1. The van der Waals surface area contributed by atoms with E-state index in [9.17, 15) is 8.42 Å². The fourth-order valence-electron chi connectivity index (χ4n) is 0.911. The van der Waals surface area contributed by atoms with Gasteiger partial charge in [-0.05, 0) is 18.6 Å². The second kappa shape index (κ2) is 5.53. The third-order valence-corrected chi connectivity index (χ3v) is 3.41. The molecule has 0 bridgehead atoms. The average Bonchev–Trinajstić information content (AvgIpc) is 2.18. The first-order valence-corrected chi connectivity index (χ1v) is 6.78.